The third kappa shape index (κ3) is 3.66. The molecule has 1 aromatic rings. The normalized spacial score (nSPS) is 12.5. The fourth-order valence-electron chi connectivity index (χ4n) is 1.66. The molecule has 0 spiro atoms. The van der Waals surface area contributed by atoms with Crippen LogP contribution >= 0.6 is 0 Å². The highest BCUT2D eigenvalue weighted by Gasteiger charge is 2.19. The van der Waals surface area contributed by atoms with E-state index in [1.807, 2.05) is 51.2 Å². The van der Waals surface area contributed by atoms with Gasteiger partial charge in [0.15, 0.2) is 0 Å². The minimum atomic E-state index is -0.122. The maximum Gasteiger partial charge on any atom is 0.237 e. The summed E-state index contributed by atoms with van der Waals surface area (Å²) in [5.41, 5.74) is 1.12. The van der Waals surface area contributed by atoms with Gasteiger partial charge >= 0.3 is 0 Å². The van der Waals surface area contributed by atoms with E-state index in [4.69, 9.17) is 0 Å². The van der Waals surface area contributed by atoms with Crippen molar-refractivity contribution in [2.75, 3.05) is 7.05 Å². The van der Waals surface area contributed by atoms with Crippen LogP contribution in [0.15, 0.2) is 30.3 Å². The van der Waals surface area contributed by atoms with Gasteiger partial charge in [-0.05, 0) is 18.5 Å². The van der Waals surface area contributed by atoms with Crippen molar-refractivity contribution >= 4 is 5.91 Å². The molecule has 3 nitrogen and oxygen atoms in total. The van der Waals surface area contributed by atoms with Crippen molar-refractivity contribution in [3.8, 4) is 0 Å². The van der Waals surface area contributed by atoms with Gasteiger partial charge in [-0.25, -0.2) is 0 Å². The number of hydrogen-bond acceptors (Lipinski definition) is 2. The molecular formula is C13H20N2O. The maximum absolute atomic E-state index is 11.8. The summed E-state index contributed by atoms with van der Waals surface area (Å²) in [5, 5.41) is 5.96. The Morgan fingerprint density at radius 2 is 1.88 bits per heavy atom. The predicted octanol–water partition coefficient (Wildman–Crippen LogP) is 1.55. The number of likely N-dealkylation sites (N-methyl/N-ethyl adjacent to an activating group) is 1. The van der Waals surface area contributed by atoms with Crippen molar-refractivity contribution in [3.05, 3.63) is 35.9 Å². The van der Waals surface area contributed by atoms with Gasteiger partial charge in [0.1, 0.15) is 0 Å². The second-order valence-corrected chi connectivity index (χ2v) is 4.21. The molecule has 0 fully saturated rings. The topological polar surface area (TPSA) is 41.1 Å². The van der Waals surface area contributed by atoms with Crippen LogP contribution in [0, 0.1) is 5.92 Å². The standard InChI is InChI=1S/C13H20N2O/c1-10(2)12(14-3)13(16)15-9-11-7-5-4-6-8-11/h4-8,10,12,14H,9H2,1-3H3,(H,15,16)/t12-/m1/s1. The molecule has 1 amide bonds. The molecule has 0 radical (unpaired) electrons. The molecule has 0 bridgehead atoms. The van der Waals surface area contributed by atoms with Gasteiger partial charge in [0, 0.05) is 6.54 Å². The highest BCUT2D eigenvalue weighted by atomic mass is 16.2. The van der Waals surface area contributed by atoms with E-state index in [9.17, 15) is 4.79 Å². The molecule has 1 aromatic carbocycles. The fraction of sp³-hybridized carbons (Fsp3) is 0.462. The molecule has 0 heterocycles. The lowest BCUT2D eigenvalue weighted by Gasteiger charge is -2.19. The van der Waals surface area contributed by atoms with Gasteiger partial charge in [0.25, 0.3) is 0 Å². The van der Waals surface area contributed by atoms with E-state index >= 15 is 0 Å². The highest BCUT2D eigenvalue weighted by molar-refractivity contribution is 5.81. The summed E-state index contributed by atoms with van der Waals surface area (Å²) in [7, 11) is 1.81. The molecule has 0 aliphatic heterocycles. The van der Waals surface area contributed by atoms with Gasteiger partial charge in [-0.2, -0.15) is 0 Å². The van der Waals surface area contributed by atoms with Crippen LogP contribution in [0.2, 0.25) is 0 Å². The Morgan fingerprint density at radius 3 is 2.38 bits per heavy atom. The van der Waals surface area contributed by atoms with E-state index in [-0.39, 0.29) is 11.9 Å². The number of carbonyl (C=O) groups excluding carboxylic acids is 1. The van der Waals surface area contributed by atoms with E-state index < -0.39 is 0 Å². The largest absolute Gasteiger partial charge is 0.351 e. The third-order valence-electron chi connectivity index (χ3n) is 2.57. The summed E-state index contributed by atoms with van der Waals surface area (Å²) in [4.78, 5) is 11.8. The van der Waals surface area contributed by atoms with Gasteiger partial charge in [0.05, 0.1) is 6.04 Å². The Morgan fingerprint density at radius 1 is 1.25 bits per heavy atom. The zero-order valence-electron chi connectivity index (χ0n) is 10.2. The SMILES string of the molecule is CN[C@@H](C(=O)NCc1ccccc1)C(C)C. The second kappa shape index (κ2) is 6.28. The zero-order valence-corrected chi connectivity index (χ0v) is 10.2. The van der Waals surface area contributed by atoms with Crippen LogP contribution in [-0.4, -0.2) is 19.0 Å². The molecule has 1 atom stereocenters. The Balaban J connectivity index is 2.46. The molecule has 0 aliphatic carbocycles. The first-order valence-electron chi connectivity index (χ1n) is 5.64. The Hall–Kier alpha value is -1.35. The molecule has 0 unspecified atom stereocenters. The summed E-state index contributed by atoms with van der Waals surface area (Å²) in [6.45, 7) is 4.65. The summed E-state index contributed by atoms with van der Waals surface area (Å²) >= 11 is 0. The number of benzene rings is 1. The molecule has 0 saturated carbocycles. The Kier molecular flexibility index (Phi) is 4.99. The van der Waals surface area contributed by atoms with E-state index in [0.717, 1.165) is 5.56 Å². The summed E-state index contributed by atoms with van der Waals surface area (Å²) in [5.74, 6) is 0.349. The van der Waals surface area contributed by atoms with Gasteiger partial charge < -0.3 is 10.6 Å². The van der Waals surface area contributed by atoms with Crippen molar-refractivity contribution in [1.82, 2.24) is 10.6 Å². The minimum absolute atomic E-state index is 0.0568. The number of nitrogens with one attached hydrogen (secondary N) is 2. The number of amides is 1. The smallest absolute Gasteiger partial charge is 0.237 e. The van der Waals surface area contributed by atoms with Crippen LogP contribution in [0.3, 0.4) is 0 Å². The van der Waals surface area contributed by atoms with E-state index in [0.29, 0.717) is 12.5 Å². The molecule has 0 aliphatic rings. The quantitative estimate of drug-likeness (QED) is 0.790. The molecule has 0 aromatic heterocycles. The third-order valence-corrected chi connectivity index (χ3v) is 2.57. The van der Waals surface area contributed by atoms with Crippen LogP contribution in [-0.2, 0) is 11.3 Å². The van der Waals surface area contributed by atoms with Crippen LogP contribution in [0.5, 0.6) is 0 Å². The molecule has 3 heteroatoms. The van der Waals surface area contributed by atoms with Gasteiger partial charge in [-0.1, -0.05) is 44.2 Å². The number of hydrogen-bond donors (Lipinski definition) is 2. The Bertz CT molecular complexity index is 322. The minimum Gasteiger partial charge on any atom is -0.351 e. The average molecular weight is 220 g/mol. The first-order chi connectivity index (χ1) is 7.65. The lowest BCUT2D eigenvalue weighted by molar-refractivity contribution is -0.124. The van der Waals surface area contributed by atoms with Crippen molar-refractivity contribution < 1.29 is 4.79 Å². The van der Waals surface area contributed by atoms with Gasteiger partial charge in [-0.15, -0.1) is 0 Å². The van der Waals surface area contributed by atoms with E-state index in [1.165, 1.54) is 0 Å². The van der Waals surface area contributed by atoms with Crippen molar-refractivity contribution in [2.45, 2.75) is 26.4 Å². The van der Waals surface area contributed by atoms with Crippen LogP contribution in [0.1, 0.15) is 19.4 Å². The van der Waals surface area contributed by atoms with Crippen LogP contribution < -0.4 is 10.6 Å². The summed E-state index contributed by atoms with van der Waals surface area (Å²) in [6, 6.07) is 9.80. The van der Waals surface area contributed by atoms with Crippen LogP contribution in [0.25, 0.3) is 0 Å². The molecular weight excluding hydrogens is 200 g/mol. The Labute approximate surface area is 97.2 Å². The molecule has 2 N–H and O–H groups in total. The van der Waals surface area contributed by atoms with E-state index in [2.05, 4.69) is 10.6 Å². The summed E-state index contributed by atoms with van der Waals surface area (Å²) < 4.78 is 0. The monoisotopic (exact) mass is 220 g/mol. The molecule has 88 valence electrons. The average Bonchev–Trinajstić information content (AvgIpc) is 2.28. The van der Waals surface area contributed by atoms with Crippen LogP contribution in [0.4, 0.5) is 0 Å². The zero-order chi connectivity index (χ0) is 12.0. The maximum atomic E-state index is 11.8. The van der Waals surface area contributed by atoms with E-state index in [1.54, 1.807) is 0 Å². The van der Waals surface area contributed by atoms with Crippen molar-refractivity contribution in [2.24, 2.45) is 5.92 Å². The lowest BCUT2D eigenvalue weighted by Crippen LogP contribution is -2.45. The summed E-state index contributed by atoms with van der Waals surface area (Å²) in [6.07, 6.45) is 0. The predicted molar refractivity (Wildman–Crippen MR) is 66.0 cm³/mol. The van der Waals surface area contributed by atoms with Gasteiger partial charge in [0.2, 0.25) is 5.91 Å². The lowest BCUT2D eigenvalue weighted by atomic mass is 10.0. The first kappa shape index (κ1) is 12.7. The molecule has 0 saturated heterocycles. The van der Waals surface area contributed by atoms with Gasteiger partial charge in [-0.3, -0.25) is 4.79 Å². The van der Waals surface area contributed by atoms with Crippen molar-refractivity contribution in [3.63, 3.8) is 0 Å². The molecule has 1 rings (SSSR count). The first-order valence-corrected chi connectivity index (χ1v) is 5.64. The second-order valence-electron chi connectivity index (χ2n) is 4.21. The highest BCUT2D eigenvalue weighted by Crippen LogP contribution is 2.02. The number of rotatable bonds is 5. The molecule has 16 heavy (non-hydrogen) atoms. The van der Waals surface area contributed by atoms with Crippen molar-refractivity contribution in [1.29, 1.82) is 0 Å². The number of carbonyl (C=O) groups is 1. The fourth-order valence-corrected chi connectivity index (χ4v) is 1.66.